The van der Waals surface area contributed by atoms with Crippen LogP contribution in [-0.2, 0) is 35.0 Å². The summed E-state index contributed by atoms with van der Waals surface area (Å²) in [6, 6.07) is 9.49. The van der Waals surface area contributed by atoms with Crippen LogP contribution in [0.1, 0.15) is 18.4 Å². The van der Waals surface area contributed by atoms with Gasteiger partial charge in [0.1, 0.15) is 12.8 Å². The van der Waals surface area contributed by atoms with Crippen LogP contribution in [0.4, 0.5) is 0 Å². The number of nitrogens with one attached hydrogen (secondary N) is 2. The zero-order valence-corrected chi connectivity index (χ0v) is 17.2. The van der Waals surface area contributed by atoms with Gasteiger partial charge in [0, 0.05) is 19.3 Å². The molecule has 1 aromatic carbocycles. The first-order valence-corrected chi connectivity index (χ1v) is 10.1. The van der Waals surface area contributed by atoms with E-state index >= 15 is 0 Å². The molecular formula is C19H26N3O6P. The van der Waals surface area contributed by atoms with Crippen molar-refractivity contribution in [3.05, 3.63) is 48.2 Å². The van der Waals surface area contributed by atoms with Gasteiger partial charge in [-0.3, -0.25) is 24.8 Å². The monoisotopic (exact) mass is 423 g/mol. The van der Waals surface area contributed by atoms with Crippen molar-refractivity contribution >= 4 is 27.2 Å². The van der Waals surface area contributed by atoms with Crippen LogP contribution in [0, 0.1) is 0 Å². The number of amides is 2. The number of hydrogen-bond donors (Lipinski definition) is 2. The lowest BCUT2D eigenvalue weighted by Crippen LogP contribution is -2.29. The van der Waals surface area contributed by atoms with Crippen molar-refractivity contribution in [1.29, 1.82) is 0 Å². The van der Waals surface area contributed by atoms with Gasteiger partial charge in [0.15, 0.2) is 0 Å². The highest BCUT2D eigenvalue weighted by atomic mass is 31.1. The van der Waals surface area contributed by atoms with E-state index in [4.69, 9.17) is 14.0 Å². The van der Waals surface area contributed by atoms with Crippen molar-refractivity contribution in [3.8, 4) is 0 Å². The minimum atomic E-state index is -0.487. The fourth-order valence-corrected chi connectivity index (χ4v) is 3.17. The molecule has 0 saturated carbocycles. The quantitative estimate of drug-likeness (QED) is 0.169. The molecule has 1 aromatic rings. The maximum atomic E-state index is 11.7. The second kappa shape index (κ2) is 13.0. The Morgan fingerprint density at radius 3 is 2.86 bits per heavy atom. The molecule has 1 aliphatic rings. The number of hydrogen-bond acceptors (Lipinski definition) is 8. The largest absolute Gasteiger partial charge is 0.460 e. The number of esters is 1. The standard InChI is InChI=1S/C19H26N3O6P/c1-22(10-9-17(24)20-14-23)18-8-7-16(28-18)13-27-29-21-11-19(25)26-12-15-5-3-2-4-6-15/h2-6,9-10,14,16,18,21,29H,7-8,11-13H2,1H3,(H,20,23,24)/b10-9-. The molecule has 2 rings (SSSR count). The third-order valence-corrected chi connectivity index (χ3v) is 4.72. The van der Waals surface area contributed by atoms with Gasteiger partial charge in [-0.15, -0.1) is 0 Å². The van der Waals surface area contributed by atoms with E-state index < -0.39 is 5.91 Å². The van der Waals surface area contributed by atoms with Crippen LogP contribution in [0.5, 0.6) is 0 Å². The van der Waals surface area contributed by atoms with Gasteiger partial charge in [0.05, 0.1) is 28.2 Å². The number of ether oxygens (including phenoxy) is 2. The molecule has 3 atom stereocenters. The molecule has 0 aliphatic carbocycles. The summed E-state index contributed by atoms with van der Waals surface area (Å²) >= 11 is 0. The van der Waals surface area contributed by atoms with E-state index in [2.05, 4.69) is 5.09 Å². The number of rotatable bonds is 12. The molecule has 0 spiro atoms. The molecule has 2 amide bonds. The van der Waals surface area contributed by atoms with E-state index in [0.29, 0.717) is 13.0 Å². The normalized spacial score (nSPS) is 18.9. The van der Waals surface area contributed by atoms with Crippen molar-refractivity contribution < 1.29 is 28.4 Å². The summed E-state index contributed by atoms with van der Waals surface area (Å²) in [5, 5.41) is 4.94. The topological polar surface area (TPSA) is 106 Å². The second-order valence-electron chi connectivity index (χ2n) is 6.31. The van der Waals surface area contributed by atoms with Crippen molar-refractivity contribution in [3.63, 3.8) is 0 Å². The molecule has 0 bridgehead atoms. The van der Waals surface area contributed by atoms with E-state index in [1.54, 1.807) is 18.1 Å². The molecule has 0 aromatic heterocycles. The summed E-state index contributed by atoms with van der Waals surface area (Å²) in [5.74, 6) is -0.825. The predicted octanol–water partition coefficient (Wildman–Crippen LogP) is 1.07. The zero-order chi connectivity index (χ0) is 20.9. The van der Waals surface area contributed by atoms with Gasteiger partial charge in [0.25, 0.3) is 5.91 Å². The Balaban J connectivity index is 1.53. The van der Waals surface area contributed by atoms with Gasteiger partial charge in [-0.25, -0.2) is 0 Å². The van der Waals surface area contributed by atoms with Gasteiger partial charge >= 0.3 is 5.97 Å². The van der Waals surface area contributed by atoms with E-state index in [1.807, 2.05) is 35.6 Å². The van der Waals surface area contributed by atoms with Crippen LogP contribution in [0.3, 0.4) is 0 Å². The summed E-state index contributed by atoms with van der Waals surface area (Å²) < 4.78 is 16.6. The lowest BCUT2D eigenvalue weighted by atomic mass is 10.2. The molecule has 1 heterocycles. The Kier molecular flexibility index (Phi) is 10.3. The molecule has 10 heteroatoms. The van der Waals surface area contributed by atoms with Gasteiger partial charge in [-0.2, -0.15) is 0 Å². The van der Waals surface area contributed by atoms with Gasteiger partial charge in [-0.1, -0.05) is 30.3 Å². The lowest BCUT2D eigenvalue weighted by Gasteiger charge is -2.22. The second-order valence-corrected chi connectivity index (χ2v) is 7.16. The number of carbonyl (C=O) groups is 3. The molecule has 2 N–H and O–H groups in total. The van der Waals surface area contributed by atoms with Crippen LogP contribution < -0.4 is 10.4 Å². The third-order valence-electron chi connectivity index (χ3n) is 4.09. The van der Waals surface area contributed by atoms with E-state index in [9.17, 15) is 14.4 Å². The molecule has 1 aliphatic heterocycles. The van der Waals surface area contributed by atoms with Crippen LogP contribution in [0.2, 0.25) is 0 Å². The molecule has 1 fully saturated rings. The first-order chi connectivity index (χ1) is 14.1. The van der Waals surface area contributed by atoms with Crippen LogP contribution in [0.15, 0.2) is 42.6 Å². The minimum absolute atomic E-state index is 0.0385. The highest BCUT2D eigenvalue weighted by Crippen LogP contribution is 2.23. The van der Waals surface area contributed by atoms with Crippen molar-refractivity contribution in [1.82, 2.24) is 15.3 Å². The average molecular weight is 423 g/mol. The molecular weight excluding hydrogens is 397 g/mol. The Morgan fingerprint density at radius 1 is 1.31 bits per heavy atom. The summed E-state index contributed by atoms with van der Waals surface area (Å²) in [6.07, 6.45) is 4.58. The van der Waals surface area contributed by atoms with Crippen molar-refractivity contribution in [2.24, 2.45) is 0 Å². The molecule has 158 valence electrons. The first kappa shape index (κ1) is 23.0. The third kappa shape index (κ3) is 9.15. The Bertz CT molecular complexity index is 688. The Hall–Kier alpha value is -2.32. The zero-order valence-electron chi connectivity index (χ0n) is 16.2. The highest BCUT2D eigenvalue weighted by Gasteiger charge is 2.27. The Labute approximate surface area is 171 Å². The van der Waals surface area contributed by atoms with E-state index in [0.717, 1.165) is 18.4 Å². The fourth-order valence-electron chi connectivity index (χ4n) is 2.58. The molecule has 3 unspecified atom stereocenters. The van der Waals surface area contributed by atoms with Crippen molar-refractivity contribution in [2.75, 3.05) is 20.2 Å². The van der Waals surface area contributed by atoms with Gasteiger partial charge in [-0.05, 0) is 18.4 Å². The lowest BCUT2D eigenvalue weighted by molar-refractivity contribution is -0.143. The maximum absolute atomic E-state index is 11.7. The summed E-state index contributed by atoms with van der Waals surface area (Å²) in [7, 11) is 1.76. The number of benzene rings is 1. The molecule has 9 nitrogen and oxygen atoms in total. The van der Waals surface area contributed by atoms with Gasteiger partial charge in [0.2, 0.25) is 6.41 Å². The van der Waals surface area contributed by atoms with Crippen LogP contribution in [-0.4, -0.2) is 55.7 Å². The van der Waals surface area contributed by atoms with E-state index in [-0.39, 0.29) is 40.4 Å². The number of carbonyl (C=O) groups excluding carboxylic acids is 3. The maximum Gasteiger partial charge on any atom is 0.320 e. The smallest absolute Gasteiger partial charge is 0.320 e. The number of nitrogens with zero attached hydrogens (tertiary/aromatic N) is 1. The average Bonchev–Trinajstić information content (AvgIpc) is 3.20. The van der Waals surface area contributed by atoms with Crippen molar-refractivity contribution in [2.45, 2.75) is 31.8 Å². The predicted molar refractivity (Wildman–Crippen MR) is 108 cm³/mol. The Morgan fingerprint density at radius 2 is 2.10 bits per heavy atom. The van der Waals surface area contributed by atoms with Gasteiger partial charge < -0.3 is 18.9 Å². The number of imide groups is 1. The van der Waals surface area contributed by atoms with E-state index in [1.165, 1.54) is 6.08 Å². The minimum Gasteiger partial charge on any atom is -0.460 e. The molecule has 29 heavy (non-hydrogen) atoms. The summed E-state index contributed by atoms with van der Waals surface area (Å²) in [4.78, 5) is 34.9. The summed E-state index contributed by atoms with van der Waals surface area (Å²) in [6.45, 7) is 0.737. The molecule has 0 radical (unpaired) electrons. The summed E-state index contributed by atoms with van der Waals surface area (Å²) in [5.41, 5.74) is 0.941. The highest BCUT2D eigenvalue weighted by molar-refractivity contribution is 7.29. The SMILES string of the molecule is CN(/C=C\C(=O)NC=O)C1CCC(COPNCC(=O)OCc2ccccc2)O1. The van der Waals surface area contributed by atoms with Crippen LogP contribution in [0.25, 0.3) is 0 Å². The van der Waals surface area contributed by atoms with Crippen LogP contribution >= 0.6 is 8.96 Å². The first-order valence-electron chi connectivity index (χ1n) is 9.17. The fraction of sp³-hybridized carbons (Fsp3) is 0.421. The molecule has 1 saturated heterocycles.